The van der Waals surface area contributed by atoms with Crippen molar-refractivity contribution in [1.82, 2.24) is 4.90 Å². The molecule has 0 saturated carbocycles. The summed E-state index contributed by atoms with van der Waals surface area (Å²) in [5, 5.41) is 12.9. The van der Waals surface area contributed by atoms with Crippen LogP contribution in [0.3, 0.4) is 0 Å². The Balaban J connectivity index is 2.81. The topological polar surface area (TPSA) is 39.1 Å². The summed E-state index contributed by atoms with van der Waals surface area (Å²) in [6.07, 6.45) is 0. The Labute approximate surface area is 127 Å². The molecule has 1 aromatic carbocycles. The fraction of sp³-hybridized carbons (Fsp3) is 0.562. The Morgan fingerprint density at radius 2 is 2.00 bits per heavy atom. The van der Waals surface area contributed by atoms with Crippen LogP contribution in [0, 0.1) is 11.3 Å². The van der Waals surface area contributed by atoms with Gasteiger partial charge in [-0.1, -0.05) is 26.8 Å². The fourth-order valence-electron chi connectivity index (χ4n) is 2.22. The Hall–Kier alpha value is -1.18. The van der Waals surface area contributed by atoms with E-state index in [1.165, 1.54) is 0 Å². The summed E-state index contributed by atoms with van der Waals surface area (Å²) in [6, 6.07) is 8.70. The Bertz CT molecular complexity index is 450. The van der Waals surface area contributed by atoms with Crippen molar-refractivity contribution in [3.05, 3.63) is 23.8 Å². The predicted octanol–water partition coefficient (Wildman–Crippen LogP) is 3.81. The Morgan fingerprint density at radius 1 is 1.30 bits per heavy atom. The number of likely N-dealkylation sites (N-methyl/N-ethyl adjacent to an activating group) is 1. The minimum atomic E-state index is 0.323. The number of hydrogen-bond acceptors (Lipinski definition) is 4. The van der Waals surface area contributed by atoms with Crippen LogP contribution >= 0.6 is 11.8 Å². The van der Waals surface area contributed by atoms with E-state index in [2.05, 4.69) is 44.0 Å². The first kappa shape index (κ1) is 16.9. The molecule has 1 aromatic rings. The van der Waals surface area contributed by atoms with Crippen LogP contribution in [0.25, 0.3) is 0 Å². The van der Waals surface area contributed by atoms with Crippen molar-refractivity contribution in [2.45, 2.75) is 38.6 Å². The molecule has 110 valence electrons. The molecule has 0 amide bonds. The number of nitrogens with one attached hydrogen (secondary N) is 1. The molecule has 0 aliphatic rings. The molecule has 0 spiro atoms. The van der Waals surface area contributed by atoms with E-state index in [4.69, 9.17) is 0 Å². The van der Waals surface area contributed by atoms with Gasteiger partial charge in [-0.25, -0.2) is 0 Å². The number of rotatable bonds is 8. The molecular weight excluding hydrogens is 266 g/mol. The fourth-order valence-corrected chi connectivity index (χ4v) is 3.01. The van der Waals surface area contributed by atoms with E-state index in [0.717, 1.165) is 41.5 Å². The second kappa shape index (κ2) is 8.89. The van der Waals surface area contributed by atoms with Gasteiger partial charge in [0.2, 0.25) is 0 Å². The molecule has 0 fully saturated rings. The van der Waals surface area contributed by atoms with E-state index in [1.807, 2.05) is 18.2 Å². The number of nitrogens with zero attached hydrogens (tertiary/aromatic N) is 2. The molecular formula is C16H25N3S. The van der Waals surface area contributed by atoms with Crippen molar-refractivity contribution < 1.29 is 0 Å². The summed E-state index contributed by atoms with van der Waals surface area (Å²) in [4.78, 5) is 3.45. The molecule has 1 rings (SSSR count). The third kappa shape index (κ3) is 4.73. The number of nitriles is 1. The van der Waals surface area contributed by atoms with Crippen molar-refractivity contribution in [3.8, 4) is 6.07 Å². The second-order valence-corrected chi connectivity index (χ2v) is 6.06. The van der Waals surface area contributed by atoms with Crippen molar-refractivity contribution in [1.29, 1.82) is 5.26 Å². The van der Waals surface area contributed by atoms with Gasteiger partial charge in [-0.05, 0) is 37.9 Å². The lowest BCUT2D eigenvalue weighted by Gasteiger charge is -2.24. The average molecular weight is 291 g/mol. The molecule has 20 heavy (non-hydrogen) atoms. The highest BCUT2D eigenvalue weighted by molar-refractivity contribution is 7.99. The first-order valence-corrected chi connectivity index (χ1v) is 8.29. The molecule has 0 aliphatic heterocycles. The summed E-state index contributed by atoms with van der Waals surface area (Å²) in [6.45, 7) is 11.7. The molecule has 0 bridgehead atoms. The van der Waals surface area contributed by atoms with Gasteiger partial charge in [0.15, 0.2) is 0 Å². The minimum absolute atomic E-state index is 0.323. The molecule has 1 unspecified atom stereocenters. The molecule has 0 saturated heterocycles. The molecule has 0 aliphatic carbocycles. The lowest BCUT2D eigenvalue weighted by Crippen LogP contribution is -2.34. The normalized spacial score (nSPS) is 12.2. The zero-order valence-electron chi connectivity index (χ0n) is 12.9. The average Bonchev–Trinajstić information content (AvgIpc) is 2.45. The number of benzene rings is 1. The summed E-state index contributed by atoms with van der Waals surface area (Å²) in [7, 11) is 0. The second-order valence-electron chi connectivity index (χ2n) is 4.75. The molecule has 1 atom stereocenters. The van der Waals surface area contributed by atoms with Crippen LogP contribution in [-0.2, 0) is 0 Å². The van der Waals surface area contributed by atoms with Gasteiger partial charge in [0.05, 0.1) is 11.3 Å². The lowest BCUT2D eigenvalue weighted by atomic mass is 10.1. The van der Waals surface area contributed by atoms with E-state index in [9.17, 15) is 5.26 Å². The van der Waals surface area contributed by atoms with Gasteiger partial charge in [-0.15, -0.1) is 11.8 Å². The monoisotopic (exact) mass is 291 g/mol. The number of thioether (sulfide) groups is 1. The van der Waals surface area contributed by atoms with Gasteiger partial charge in [0, 0.05) is 17.5 Å². The van der Waals surface area contributed by atoms with Crippen LogP contribution in [0.1, 0.15) is 33.3 Å². The van der Waals surface area contributed by atoms with E-state index in [-0.39, 0.29) is 0 Å². The molecule has 3 nitrogen and oxygen atoms in total. The van der Waals surface area contributed by atoms with E-state index in [0.29, 0.717) is 6.04 Å². The van der Waals surface area contributed by atoms with Crippen LogP contribution in [0.15, 0.2) is 23.1 Å². The van der Waals surface area contributed by atoms with Gasteiger partial charge < -0.3 is 10.2 Å². The van der Waals surface area contributed by atoms with Gasteiger partial charge in [0.1, 0.15) is 6.07 Å². The molecule has 0 radical (unpaired) electrons. The van der Waals surface area contributed by atoms with Gasteiger partial charge in [-0.2, -0.15) is 5.26 Å². The maximum Gasteiger partial charge on any atom is 0.102 e. The quantitative estimate of drug-likeness (QED) is 0.739. The van der Waals surface area contributed by atoms with Crippen molar-refractivity contribution in [2.24, 2.45) is 0 Å². The highest BCUT2D eigenvalue weighted by Crippen LogP contribution is 2.28. The summed E-state index contributed by atoms with van der Waals surface area (Å²) in [5.74, 6) is 0.979. The Morgan fingerprint density at radius 3 is 2.55 bits per heavy atom. The third-order valence-corrected chi connectivity index (χ3v) is 4.21. The third-order valence-electron chi connectivity index (χ3n) is 3.27. The van der Waals surface area contributed by atoms with Crippen molar-refractivity contribution in [2.75, 3.05) is 30.7 Å². The maximum absolute atomic E-state index is 9.40. The predicted molar refractivity (Wildman–Crippen MR) is 88.4 cm³/mol. The van der Waals surface area contributed by atoms with Crippen LogP contribution in [0.4, 0.5) is 5.69 Å². The van der Waals surface area contributed by atoms with Crippen molar-refractivity contribution in [3.63, 3.8) is 0 Å². The highest BCUT2D eigenvalue weighted by Gasteiger charge is 2.12. The first-order valence-electron chi connectivity index (χ1n) is 7.30. The van der Waals surface area contributed by atoms with Crippen molar-refractivity contribution >= 4 is 17.4 Å². The van der Waals surface area contributed by atoms with Crippen LogP contribution in [-0.4, -0.2) is 36.3 Å². The summed E-state index contributed by atoms with van der Waals surface area (Å²) in [5.41, 5.74) is 1.72. The first-order chi connectivity index (χ1) is 9.65. The minimum Gasteiger partial charge on any atom is -0.380 e. The van der Waals surface area contributed by atoms with Crippen LogP contribution in [0.5, 0.6) is 0 Å². The summed E-state index contributed by atoms with van der Waals surface area (Å²) < 4.78 is 0. The van der Waals surface area contributed by atoms with Gasteiger partial charge >= 0.3 is 0 Å². The SMILES string of the molecule is CCSc1cccc(NC(C)CN(CC)CC)c1C#N. The maximum atomic E-state index is 9.40. The zero-order chi connectivity index (χ0) is 15.0. The molecule has 1 N–H and O–H groups in total. The van der Waals surface area contributed by atoms with E-state index < -0.39 is 0 Å². The molecule has 4 heteroatoms. The van der Waals surface area contributed by atoms with Gasteiger partial charge in [-0.3, -0.25) is 0 Å². The smallest absolute Gasteiger partial charge is 0.102 e. The highest BCUT2D eigenvalue weighted by atomic mass is 32.2. The molecule has 0 heterocycles. The van der Waals surface area contributed by atoms with E-state index >= 15 is 0 Å². The van der Waals surface area contributed by atoms with Crippen LogP contribution < -0.4 is 5.32 Å². The summed E-state index contributed by atoms with van der Waals surface area (Å²) >= 11 is 1.72. The number of hydrogen-bond donors (Lipinski definition) is 1. The largest absolute Gasteiger partial charge is 0.380 e. The number of anilines is 1. The zero-order valence-corrected chi connectivity index (χ0v) is 13.8. The lowest BCUT2D eigenvalue weighted by molar-refractivity contribution is 0.295. The standard InChI is InChI=1S/C16H25N3S/c1-5-19(6-2)12-13(4)18-15-9-8-10-16(20-7-3)14(15)11-17/h8-10,13,18H,5-7,12H2,1-4H3. The van der Waals surface area contributed by atoms with E-state index in [1.54, 1.807) is 11.8 Å². The Kier molecular flexibility index (Phi) is 7.50. The van der Waals surface area contributed by atoms with Crippen LogP contribution in [0.2, 0.25) is 0 Å². The molecule has 0 aromatic heterocycles. The van der Waals surface area contributed by atoms with Gasteiger partial charge in [0.25, 0.3) is 0 Å².